The van der Waals surface area contributed by atoms with Crippen LogP contribution in [0.15, 0.2) is 0 Å². The predicted molar refractivity (Wildman–Crippen MR) is 53.6 cm³/mol. The largest absolute Gasteiger partial charge is 0.469 e. The van der Waals surface area contributed by atoms with E-state index in [-0.39, 0.29) is 109 Å². The van der Waals surface area contributed by atoms with Crippen molar-refractivity contribution in [2.75, 3.05) is 6.61 Å². The standard InChI is InChI=1S/C6H15O4P.2K/c1-2-3-4-5-6-10-11(7,8)9;;/h2-6H2,1H3,(H2,7,8,9);;. The van der Waals surface area contributed by atoms with Crippen molar-refractivity contribution in [1.82, 2.24) is 0 Å². The summed E-state index contributed by atoms with van der Waals surface area (Å²) in [6.45, 7) is 2.23. The summed E-state index contributed by atoms with van der Waals surface area (Å²) in [5.74, 6) is 0. The van der Waals surface area contributed by atoms with Crippen LogP contribution in [0.3, 0.4) is 0 Å². The molecule has 7 heteroatoms. The van der Waals surface area contributed by atoms with E-state index in [4.69, 9.17) is 9.79 Å². The third-order valence-electron chi connectivity index (χ3n) is 1.26. The van der Waals surface area contributed by atoms with Gasteiger partial charge in [-0.2, -0.15) is 0 Å². The Labute approximate surface area is 165 Å². The van der Waals surface area contributed by atoms with Crippen LogP contribution >= 0.6 is 7.82 Å². The Balaban J connectivity index is -0.000000500. The second kappa shape index (κ2) is 13.4. The van der Waals surface area contributed by atoms with Crippen molar-refractivity contribution in [2.24, 2.45) is 0 Å². The van der Waals surface area contributed by atoms with Crippen LogP contribution in [0.1, 0.15) is 32.6 Å². The molecule has 0 saturated carbocycles. The maximum atomic E-state index is 10.1. The van der Waals surface area contributed by atoms with Gasteiger partial charge in [0.2, 0.25) is 0 Å². The molecule has 4 nitrogen and oxygen atoms in total. The van der Waals surface area contributed by atoms with Crippen LogP contribution in [-0.2, 0) is 9.09 Å². The number of unbranched alkanes of at least 4 members (excludes halogenated alkanes) is 3. The Hall–Kier alpha value is 3.38. The molecule has 0 spiro atoms. The third kappa shape index (κ3) is 21.3. The van der Waals surface area contributed by atoms with Crippen molar-refractivity contribution < 1.29 is 18.9 Å². The van der Waals surface area contributed by atoms with E-state index in [1.807, 2.05) is 0 Å². The second-order valence-electron chi connectivity index (χ2n) is 2.38. The minimum atomic E-state index is -4.21. The maximum Gasteiger partial charge on any atom is 0.469 e. The molecule has 0 aromatic carbocycles. The zero-order valence-corrected chi connectivity index (χ0v) is 15.8. The first kappa shape index (κ1) is 21.6. The molecule has 0 heterocycles. The van der Waals surface area contributed by atoms with Gasteiger partial charge in [-0.05, 0) is 6.42 Å². The van der Waals surface area contributed by atoms with Crippen LogP contribution in [0.5, 0.6) is 0 Å². The number of phosphoric acid groups is 1. The topological polar surface area (TPSA) is 66.8 Å². The summed E-state index contributed by atoms with van der Waals surface area (Å²) < 4.78 is 14.4. The minimum absolute atomic E-state index is 0. The number of hydrogen-bond acceptors (Lipinski definition) is 2. The zero-order chi connectivity index (χ0) is 8.74. The summed E-state index contributed by atoms with van der Waals surface area (Å²) in [5.41, 5.74) is 0. The maximum absolute atomic E-state index is 10.1. The molecule has 0 aliphatic rings. The Kier molecular flexibility index (Phi) is 22.4. The fraction of sp³-hybridized carbons (Fsp3) is 1.00. The fourth-order valence-corrected chi connectivity index (χ4v) is 1.08. The Morgan fingerprint density at radius 2 is 1.69 bits per heavy atom. The van der Waals surface area contributed by atoms with Gasteiger partial charge in [-0.1, -0.05) is 26.2 Å². The summed E-state index contributed by atoms with van der Waals surface area (Å²) in [6.07, 6.45) is 3.88. The van der Waals surface area contributed by atoms with Crippen molar-refractivity contribution in [2.45, 2.75) is 32.6 Å². The Morgan fingerprint density at radius 3 is 2.08 bits per heavy atom. The van der Waals surface area contributed by atoms with Gasteiger partial charge in [-0.3, -0.25) is 4.52 Å². The van der Waals surface area contributed by atoms with E-state index in [0.717, 1.165) is 25.7 Å². The molecule has 0 rings (SSSR count). The quantitative estimate of drug-likeness (QED) is 0.423. The first-order valence-corrected chi connectivity index (χ1v) is 5.29. The molecule has 0 aliphatic heterocycles. The first-order valence-electron chi connectivity index (χ1n) is 3.76. The second-order valence-corrected chi connectivity index (χ2v) is 3.62. The average Bonchev–Trinajstić information content (AvgIpc) is 1.85. The van der Waals surface area contributed by atoms with Gasteiger partial charge in [0, 0.05) is 103 Å². The van der Waals surface area contributed by atoms with Crippen LogP contribution in [0.2, 0.25) is 0 Å². The molecule has 70 valence electrons. The van der Waals surface area contributed by atoms with E-state index >= 15 is 0 Å². The predicted octanol–water partition coefficient (Wildman–Crippen LogP) is 0.914. The summed E-state index contributed by atoms with van der Waals surface area (Å²) >= 11 is 0. The Morgan fingerprint density at radius 1 is 1.15 bits per heavy atom. The van der Waals surface area contributed by atoms with E-state index in [9.17, 15) is 4.57 Å². The van der Waals surface area contributed by atoms with Gasteiger partial charge >= 0.3 is 7.82 Å². The van der Waals surface area contributed by atoms with Crippen molar-refractivity contribution in [1.29, 1.82) is 0 Å². The van der Waals surface area contributed by atoms with E-state index in [0.29, 0.717) is 0 Å². The van der Waals surface area contributed by atoms with Crippen molar-refractivity contribution in [3.63, 3.8) is 0 Å². The molecule has 0 atom stereocenters. The summed E-state index contributed by atoms with van der Waals surface area (Å²) in [6, 6.07) is 0. The van der Waals surface area contributed by atoms with Gasteiger partial charge in [0.25, 0.3) is 0 Å². The average molecular weight is 260 g/mol. The molecule has 2 N–H and O–H groups in total. The number of hydrogen-bond donors (Lipinski definition) is 2. The molecule has 13 heavy (non-hydrogen) atoms. The van der Waals surface area contributed by atoms with Gasteiger partial charge in [-0.25, -0.2) is 4.57 Å². The van der Waals surface area contributed by atoms with Crippen LogP contribution in [0, 0.1) is 0 Å². The van der Waals surface area contributed by atoms with Crippen molar-refractivity contribution >= 4 is 111 Å². The molecular weight excluding hydrogens is 245 g/mol. The fourth-order valence-electron chi connectivity index (χ4n) is 0.712. The zero-order valence-electron chi connectivity index (χ0n) is 8.69. The minimum Gasteiger partial charge on any atom is -0.303 e. The molecular formula is C6H15K2O4P. The van der Waals surface area contributed by atoms with Gasteiger partial charge in [0.1, 0.15) is 0 Å². The summed E-state index contributed by atoms with van der Waals surface area (Å²) in [7, 11) is -4.21. The molecule has 0 aromatic heterocycles. The number of rotatable bonds is 6. The number of phosphoric ester groups is 1. The molecule has 0 amide bonds. The van der Waals surface area contributed by atoms with Crippen LogP contribution < -0.4 is 0 Å². The molecule has 0 aromatic rings. The third-order valence-corrected chi connectivity index (χ3v) is 1.78. The van der Waals surface area contributed by atoms with E-state index in [1.165, 1.54) is 0 Å². The SMILES string of the molecule is CCCCCCOP(=O)(O)O.[K].[K]. The van der Waals surface area contributed by atoms with Gasteiger partial charge in [-0.15, -0.1) is 0 Å². The summed E-state index contributed by atoms with van der Waals surface area (Å²) in [5, 5.41) is 0. The first-order chi connectivity index (χ1) is 5.06. The van der Waals surface area contributed by atoms with Crippen molar-refractivity contribution in [3.8, 4) is 0 Å². The Bertz CT molecular complexity index is 139. The van der Waals surface area contributed by atoms with Crippen LogP contribution in [-0.4, -0.2) is 119 Å². The molecule has 0 fully saturated rings. The van der Waals surface area contributed by atoms with Gasteiger partial charge in [0.15, 0.2) is 0 Å². The van der Waals surface area contributed by atoms with E-state index in [2.05, 4.69) is 11.4 Å². The molecule has 0 unspecified atom stereocenters. The monoisotopic (exact) mass is 260 g/mol. The molecule has 0 bridgehead atoms. The van der Waals surface area contributed by atoms with Crippen LogP contribution in [0.25, 0.3) is 0 Å². The molecule has 0 saturated heterocycles. The van der Waals surface area contributed by atoms with Crippen LogP contribution in [0.4, 0.5) is 0 Å². The molecule has 0 aliphatic carbocycles. The van der Waals surface area contributed by atoms with Gasteiger partial charge in [0.05, 0.1) is 6.61 Å². The summed E-state index contributed by atoms with van der Waals surface area (Å²) in [4.78, 5) is 16.5. The van der Waals surface area contributed by atoms with E-state index < -0.39 is 7.82 Å². The molecule has 2 radical (unpaired) electrons. The van der Waals surface area contributed by atoms with Gasteiger partial charge < -0.3 is 9.79 Å². The smallest absolute Gasteiger partial charge is 0.303 e. The van der Waals surface area contributed by atoms with E-state index in [1.54, 1.807) is 0 Å². The normalized spacial score (nSPS) is 10.1. The van der Waals surface area contributed by atoms with Crippen molar-refractivity contribution in [3.05, 3.63) is 0 Å².